The maximum atomic E-state index is 12.7. The molecule has 1 saturated heterocycles. The van der Waals surface area contributed by atoms with Crippen LogP contribution in [0, 0.1) is 5.92 Å². The molecule has 9 heteroatoms. The second kappa shape index (κ2) is 9.26. The number of piperidine rings is 1. The van der Waals surface area contributed by atoms with Crippen molar-refractivity contribution in [3.8, 4) is 0 Å². The lowest BCUT2D eigenvalue weighted by Gasteiger charge is -2.30. The monoisotopic (exact) mass is 548 g/mol. The number of rotatable bonds is 5. The lowest BCUT2D eigenvalue weighted by molar-refractivity contribution is -0.120. The van der Waals surface area contributed by atoms with Gasteiger partial charge in [-0.3, -0.25) is 4.79 Å². The van der Waals surface area contributed by atoms with Gasteiger partial charge in [0.15, 0.2) is 0 Å². The summed E-state index contributed by atoms with van der Waals surface area (Å²) in [6.45, 7) is 0.686. The van der Waals surface area contributed by atoms with Crippen molar-refractivity contribution in [1.82, 2.24) is 4.31 Å². The molecule has 5 nitrogen and oxygen atoms in total. The Morgan fingerprint density at radius 3 is 2.50 bits per heavy atom. The maximum Gasteiger partial charge on any atom is 0.227 e. The SMILES string of the molecule is O=C(Nc1ccc(Br)c(Cl)c1)C1CCN(S(=O)(=O)Cc2cccc(Br)c2)CC1. The number of carbonyl (C=O) groups is 1. The number of anilines is 1. The Labute approximate surface area is 186 Å². The quantitative estimate of drug-likeness (QED) is 0.567. The largest absolute Gasteiger partial charge is 0.326 e. The molecule has 0 unspecified atom stereocenters. The highest BCUT2D eigenvalue weighted by atomic mass is 79.9. The van der Waals surface area contributed by atoms with Crippen molar-refractivity contribution in [1.29, 1.82) is 0 Å². The molecule has 1 aliphatic heterocycles. The summed E-state index contributed by atoms with van der Waals surface area (Å²) in [5.74, 6) is -0.372. The molecule has 28 heavy (non-hydrogen) atoms. The van der Waals surface area contributed by atoms with Crippen LogP contribution in [0.5, 0.6) is 0 Å². The Morgan fingerprint density at radius 1 is 1.14 bits per heavy atom. The van der Waals surface area contributed by atoms with Crippen LogP contribution in [0.3, 0.4) is 0 Å². The Hall–Kier alpha value is -0.930. The molecule has 2 aromatic rings. The van der Waals surface area contributed by atoms with Crippen molar-refractivity contribution in [2.45, 2.75) is 18.6 Å². The second-order valence-electron chi connectivity index (χ2n) is 6.68. The minimum Gasteiger partial charge on any atom is -0.326 e. The Morgan fingerprint density at radius 2 is 1.86 bits per heavy atom. The van der Waals surface area contributed by atoms with Gasteiger partial charge in [0.1, 0.15) is 0 Å². The standard InChI is InChI=1S/C19H19Br2ClN2O3S/c20-15-3-1-2-13(10-15)12-28(26,27)24-8-6-14(7-9-24)19(25)23-16-4-5-17(21)18(22)11-16/h1-5,10-11,14H,6-9,12H2,(H,23,25). The fourth-order valence-electron chi connectivity index (χ4n) is 3.14. The number of halogens is 3. The predicted octanol–water partition coefficient (Wildman–Crippen LogP) is 5.05. The first kappa shape index (κ1) is 21.8. The average Bonchev–Trinajstić information content (AvgIpc) is 2.64. The van der Waals surface area contributed by atoms with Crippen molar-refractivity contribution < 1.29 is 13.2 Å². The van der Waals surface area contributed by atoms with Gasteiger partial charge in [0.2, 0.25) is 15.9 Å². The van der Waals surface area contributed by atoms with Crippen LogP contribution < -0.4 is 5.32 Å². The third-order valence-corrected chi connectivity index (χ3v) is 8.22. The molecule has 1 N–H and O–H groups in total. The minimum atomic E-state index is -3.41. The zero-order chi connectivity index (χ0) is 20.3. The molecule has 0 spiro atoms. The summed E-state index contributed by atoms with van der Waals surface area (Å²) in [5, 5.41) is 3.38. The summed E-state index contributed by atoms with van der Waals surface area (Å²) in [7, 11) is -3.41. The summed E-state index contributed by atoms with van der Waals surface area (Å²) >= 11 is 12.7. The fraction of sp³-hybridized carbons (Fsp3) is 0.316. The first-order valence-electron chi connectivity index (χ1n) is 8.73. The molecule has 150 valence electrons. The zero-order valence-corrected chi connectivity index (χ0v) is 19.6. The lowest BCUT2D eigenvalue weighted by atomic mass is 9.97. The van der Waals surface area contributed by atoms with Gasteiger partial charge in [-0.25, -0.2) is 12.7 Å². The van der Waals surface area contributed by atoms with Crippen LogP contribution in [-0.4, -0.2) is 31.7 Å². The minimum absolute atomic E-state index is 0.0410. The molecule has 0 atom stereocenters. The number of amides is 1. The van der Waals surface area contributed by atoms with Crippen LogP contribution in [0.25, 0.3) is 0 Å². The van der Waals surface area contributed by atoms with E-state index < -0.39 is 10.0 Å². The Kier molecular flexibility index (Phi) is 7.20. The molecular weight excluding hydrogens is 532 g/mol. The molecule has 1 aliphatic rings. The third kappa shape index (κ3) is 5.57. The van der Waals surface area contributed by atoms with E-state index in [1.165, 1.54) is 4.31 Å². The van der Waals surface area contributed by atoms with E-state index in [0.717, 1.165) is 14.5 Å². The van der Waals surface area contributed by atoms with E-state index in [1.807, 2.05) is 12.1 Å². The lowest BCUT2D eigenvalue weighted by Crippen LogP contribution is -2.41. The van der Waals surface area contributed by atoms with E-state index in [9.17, 15) is 13.2 Å². The van der Waals surface area contributed by atoms with Gasteiger partial charge in [0.05, 0.1) is 10.8 Å². The van der Waals surface area contributed by atoms with Crippen molar-refractivity contribution in [2.24, 2.45) is 5.92 Å². The molecule has 0 bridgehead atoms. The van der Waals surface area contributed by atoms with E-state index in [-0.39, 0.29) is 17.6 Å². The van der Waals surface area contributed by atoms with E-state index >= 15 is 0 Å². The molecule has 0 aliphatic carbocycles. The van der Waals surface area contributed by atoms with Gasteiger partial charge in [-0.05, 0) is 64.7 Å². The summed E-state index contributed by atoms with van der Waals surface area (Å²) in [6, 6.07) is 12.5. The zero-order valence-electron chi connectivity index (χ0n) is 14.9. The number of hydrogen-bond donors (Lipinski definition) is 1. The molecule has 2 aromatic carbocycles. The van der Waals surface area contributed by atoms with Gasteiger partial charge in [-0.2, -0.15) is 0 Å². The van der Waals surface area contributed by atoms with Crippen molar-refractivity contribution >= 4 is 65.1 Å². The van der Waals surface area contributed by atoms with Gasteiger partial charge in [-0.1, -0.05) is 39.7 Å². The summed E-state index contributed by atoms with van der Waals surface area (Å²) in [4.78, 5) is 12.5. The van der Waals surface area contributed by atoms with E-state index in [2.05, 4.69) is 37.2 Å². The Balaban J connectivity index is 1.57. The van der Waals surface area contributed by atoms with Crippen LogP contribution in [0.1, 0.15) is 18.4 Å². The molecule has 0 saturated carbocycles. The number of nitrogens with one attached hydrogen (secondary N) is 1. The fourth-order valence-corrected chi connectivity index (χ4v) is 5.57. The van der Waals surface area contributed by atoms with Gasteiger partial charge < -0.3 is 5.32 Å². The van der Waals surface area contributed by atoms with Crippen LogP contribution >= 0.6 is 43.5 Å². The van der Waals surface area contributed by atoms with E-state index in [0.29, 0.717) is 36.6 Å². The summed E-state index contributed by atoms with van der Waals surface area (Å²) < 4.78 is 28.5. The molecular formula is C19H19Br2ClN2O3S. The predicted molar refractivity (Wildman–Crippen MR) is 119 cm³/mol. The highest BCUT2D eigenvalue weighted by Gasteiger charge is 2.31. The molecule has 3 rings (SSSR count). The number of hydrogen-bond acceptors (Lipinski definition) is 3. The topological polar surface area (TPSA) is 66.5 Å². The van der Waals surface area contributed by atoms with Crippen LogP contribution in [0.4, 0.5) is 5.69 Å². The van der Waals surface area contributed by atoms with Crippen molar-refractivity contribution in [3.05, 3.63) is 62.0 Å². The van der Waals surface area contributed by atoms with Crippen LogP contribution in [0.15, 0.2) is 51.4 Å². The van der Waals surface area contributed by atoms with Gasteiger partial charge >= 0.3 is 0 Å². The normalized spacial score (nSPS) is 16.1. The van der Waals surface area contributed by atoms with Crippen LogP contribution in [-0.2, 0) is 20.6 Å². The number of sulfonamides is 1. The molecule has 0 radical (unpaired) electrons. The van der Waals surface area contributed by atoms with Crippen molar-refractivity contribution in [3.63, 3.8) is 0 Å². The first-order valence-corrected chi connectivity index (χ1v) is 12.3. The molecule has 1 heterocycles. The third-order valence-electron chi connectivity index (χ3n) is 4.64. The number of nitrogens with zero attached hydrogens (tertiary/aromatic N) is 1. The van der Waals surface area contributed by atoms with E-state index in [1.54, 1.807) is 30.3 Å². The van der Waals surface area contributed by atoms with Gasteiger partial charge in [0.25, 0.3) is 0 Å². The van der Waals surface area contributed by atoms with Gasteiger partial charge in [0, 0.05) is 33.6 Å². The second-order valence-corrected chi connectivity index (χ2v) is 10.8. The first-order chi connectivity index (χ1) is 13.2. The van der Waals surface area contributed by atoms with E-state index in [4.69, 9.17) is 11.6 Å². The highest BCUT2D eigenvalue weighted by Crippen LogP contribution is 2.27. The van der Waals surface area contributed by atoms with Gasteiger partial charge in [-0.15, -0.1) is 0 Å². The summed E-state index contributed by atoms with van der Waals surface area (Å²) in [5.41, 5.74) is 1.37. The van der Waals surface area contributed by atoms with Crippen LogP contribution in [0.2, 0.25) is 5.02 Å². The number of benzene rings is 2. The van der Waals surface area contributed by atoms with Crippen molar-refractivity contribution in [2.75, 3.05) is 18.4 Å². The molecule has 1 fully saturated rings. The highest BCUT2D eigenvalue weighted by molar-refractivity contribution is 9.10. The molecule has 0 aromatic heterocycles. The Bertz CT molecular complexity index is 977. The summed E-state index contributed by atoms with van der Waals surface area (Å²) in [6.07, 6.45) is 0.988. The molecule has 1 amide bonds. The maximum absolute atomic E-state index is 12.7. The number of carbonyl (C=O) groups excluding carboxylic acids is 1. The average molecular weight is 551 g/mol. The smallest absolute Gasteiger partial charge is 0.227 e.